The number of nitro benzene ring substituents is 1. The summed E-state index contributed by atoms with van der Waals surface area (Å²) in [5.74, 6) is 2.01. The number of allylic oxidation sites excluding steroid dienone is 1. The second-order valence-electron chi connectivity index (χ2n) is 18.6. The van der Waals surface area contributed by atoms with Gasteiger partial charge < -0.3 is 29.4 Å². The number of benzene rings is 2. The maximum absolute atomic E-state index is 13.9. The van der Waals surface area contributed by atoms with Gasteiger partial charge in [0.15, 0.2) is 0 Å². The van der Waals surface area contributed by atoms with Gasteiger partial charge in [0.1, 0.15) is 22.8 Å². The summed E-state index contributed by atoms with van der Waals surface area (Å²) in [4.78, 5) is 37.3. The smallest absolute Gasteiger partial charge is 0.293 e. The molecule has 5 aliphatic rings. The fourth-order valence-corrected chi connectivity index (χ4v) is 11.3. The van der Waals surface area contributed by atoms with Crippen LogP contribution in [0.5, 0.6) is 11.5 Å². The number of pyridine rings is 1. The van der Waals surface area contributed by atoms with Gasteiger partial charge in [-0.1, -0.05) is 25.0 Å². The number of nitrogens with zero attached hydrogens (tertiary/aromatic N) is 4. The largest absolute Gasteiger partial charge is 0.455 e. The van der Waals surface area contributed by atoms with Crippen molar-refractivity contribution in [1.29, 1.82) is 0 Å². The first-order valence-electron chi connectivity index (χ1n) is 22.0. The number of carbonyl (C=O) groups is 1. The van der Waals surface area contributed by atoms with Crippen LogP contribution in [0.1, 0.15) is 69.2 Å². The number of H-pyrrole nitrogens is 1. The fourth-order valence-electron chi connectivity index (χ4n) is 10.3. The van der Waals surface area contributed by atoms with Gasteiger partial charge in [-0.25, -0.2) is 18.1 Å². The second-order valence-corrected chi connectivity index (χ2v) is 20.3. The zero-order valence-electron chi connectivity index (χ0n) is 35.7. The number of anilines is 2. The van der Waals surface area contributed by atoms with Crippen LogP contribution < -0.4 is 19.7 Å². The van der Waals surface area contributed by atoms with Gasteiger partial charge in [0.05, 0.1) is 27.7 Å². The minimum Gasteiger partial charge on any atom is -0.455 e. The third-order valence-corrected chi connectivity index (χ3v) is 15.3. The Labute approximate surface area is 362 Å². The summed E-state index contributed by atoms with van der Waals surface area (Å²) in [6.07, 6.45) is 11.3. The Hall–Kier alpha value is -5.03. The minimum absolute atomic E-state index is 0.0189. The van der Waals surface area contributed by atoms with Crippen LogP contribution in [-0.4, -0.2) is 99.8 Å². The molecule has 2 aromatic carbocycles. The molecule has 2 aliphatic heterocycles. The highest BCUT2D eigenvalue weighted by Crippen LogP contribution is 2.61. The molecule has 4 fully saturated rings. The van der Waals surface area contributed by atoms with Crippen LogP contribution in [0.15, 0.2) is 77.0 Å². The van der Waals surface area contributed by atoms with E-state index in [0.717, 1.165) is 87.4 Å². The molecule has 2 saturated heterocycles. The first-order valence-corrected chi connectivity index (χ1v) is 23.5. The lowest BCUT2D eigenvalue weighted by atomic mass is 9.70. The predicted molar refractivity (Wildman–Crippen MR) is 236 cm³/mol. The number of ether oxygens (including phenoxy) is 3. The molecule has 2 aromatic heterocycles. The number of fused-ring (bicyclic) bond motifs is 2. The van der Waals surface area contributed by atoms with E-state index in [-0.39, 0.29) is 22.9 Å². The van der Waals surface area contributed by atoms with Crippen molar-refractivity contribution in [2.45, 2.75) is 69.8 Å². The number of hydrogen-bond acceptors (Lipinski definition) is 12. The Balaban J connectivity index is 0.919. The molecule has 330 valence electrons. The number of methoxy groups -OCH3 is 1. The van der Waals surface area contributed by atoms with Crippen LogP contribution in [-0.2, 0) is 19.5 Å². The summed E-state index contributed by atoms with van der Waals surface area (Å²) in [5.41, 5.74) is 4.94. The standard InChI is InChI=1S/C46H57N7O8S/c1-46(2)12-8-31(39(25-46)37-24-42(59-3)38-23-36(37)38)28-51-14-16-52(17-15-51)32-4-6-35(43(21-32)61-33-20-30-9-13-47-44(30)49-27-33)45(54)50-62(57,58)34-5-7-40(41(22-34)53(55)56)48-26-29-10-18-60-19-11-29/h4-7,9,13,20-22,27,29,36-38,42,48H,8,10-12,14-19,23-26,28H2,1-3H3,(H,47,49)(H,50,54)/t36?,37-,38?,42+/m1/s1. The van der Waals surface area contributed by atoms with Gasteiger partial charge in [-0.15, -0.1) is 0 Å². The highest BCUT2D eigenvalue weighted by Gasteiger charge is 2.56. The number of nitrogens with one attached hydrogen (secondary N) is 3. The third-order valence-electron chi connectivity index (χ3n) is 13.9. The number of rotatable bonds is 14. The zero-order chi connectivity index (χ0) is 43.2. The molecule has 3 N–H and O–H groups in total. The molecule has 4 heterocycles. The Bertz CT molecular complexity index is 2470. The first kappa shape index (κ1) is 42.3. The molecule has 16 heteroatoms. The van der Waals surface area contributed by atoms with Gasteiger partial charge in [-0.3, -0.25) is 19.8 Å². The lowest BCUT2D eigenvalue weighted by Gasteiger charge is -2.40. The van der Waals surface area contributed by atoms with Gasteiger partial charge >= 0.3 is 0 Å². The SMILES string of the molecule is CO[C@H]1C[C@@H](C2=C(CN3CCN(c4ccc(C(=O)NS(=O)(=O)c5ccc(NCC6CCOCC6)c([N+](=O)[O-])c5)c(Oc5cnc6[nH]ccc6c5)c4)CC3)CCC(C)(C)C2)C2CC21. The summed E-state index contributed by atoms with van der Waals surface area (Å²) in [5, 5.41) is 16.0. The van der Waals surface area contributed by atoms with Crippen molar-refractivity contribution in [3.63, 3.8) is 0 Å². The average molecular weight is 868 g/mol. The van der Waals surface area contributed by atoms with Crippen LogP contribution in [0.25, 0.3) is 11.0 Å². The molecule has 0 spiro atoms. The van der Waals surface area contributed by atoms with Crippen molar-refractivity contribution in [3.05, 3.63) is 87.7 Å². The molecular formula is C46H57N7O8S. The Kier molecular flexibility index (Phi) is 11.8. The van der Waals surface area contributed by atoms with Gasteiger partial charge in [-0.05, 0) is 110 Å². The summed E-state index contributed by atoms with van der Waals surface area (Å²) >= 11 is 0. The molecule has 0 bridgehead atoms. The van der Waals surface area contributed by atoms with Crippen molar-refractivity contribution in [2.75, 3.05) is 69.8 Å². The number of carbonyl (C=O) groups excluding carboxylic acids is 1. The Morgan fingerprint density at radius 3 is 2.61 bits per heavy atom. The van der Waals surface area contributed by atoms with Gasteiger partial charge in [-0.2, -0.15) is 0 Å². The number of amides is 1. The van der Waals surface area contributed by atoms with Gasteiger partial charge in [0.25, 0.3) is 21.6 Å². The number of aromatic nitrogens is 2. The molecular weight excluding hydrogens is 811 g/mol. The highest BCUT2D eigenvalue weighted by molar-refractivity contribution is 7.90. The summed E-state index contributed by atoms with van der Waals surface area (Å²) < 4.78 is 47.2. The van der Waals surface area contributed by atoms with Gasteiger partial charge in [0.2, 0.25) is 0 Å². The van der Waals surface area contributed by atoms with E-state index in [9.17, 15) is 23.3 Å². The molecule has 0 radical (unpaired) electrons. The maximum atomic E-state index is 13.9. The lowest BCUT2D eigenvalue weighted by molar-refractivity contribution is -0.384. The minimum atomic E-state index is -4.54. The quantitative estimate of drug-likeness (QED) is 0.0646. The molecule has 4 aromatic rings. The van der Waals surface area contributed by atoms with E-state index in [0.29, 0.717) is 48.6 Å². The number of sulfonamides is 1. The zero-order valence-corrected chi connectivity index (χ0v) is 36.5. The van der Waals surface area contributed by atoms with E-state index in [1.54, 1.807) is 41.7 Å². The van der Waals surface area contributed by atoms with Crippen molar-refractivity contribution in [3.8, 4) is 11.5 Å². The average Bonchev–Trinajstić information content (AvgIpc) is 3.75. The van der Waals surface area contributed by atoms with Crippen LogP contribution in [0.3, 0.4) is 0 Å². The van der Waals surface area contributed by atoms with Crippen LogP contribution in [0.2, 0.25) is 0 Å². The van der Waals surface area contributed by atoms with E-state index in [4.69, 9.17) is 14.2 Å². The molecule has 1 amide bonds. The molecule has 15 nitrogen and oxygen atoms in total. The monoisotopic (exact) mass is 867 g/mol. The molecule has 3 aliphatic carbocycles. The number of hydrogen-bond donors (Lipinski definition) is 3. The molecule has 9 rings (SSSR count). The normalized spacial score (nSPS) is 24.2. The van der Waals surface area contributed by atoms with Crippen molar-refractivity contribution >= 4 is 44.0 Å². The summed E-state index contributed by atoms with van der Waals surface area (Å²) in [6, 6.07) is 12.4. The molecule has 2 saturated carbocycles. The van der Waals surface area contributed by atoms with Crippen molar-refractivity contribution < 1.29 is 32.3 Å². The molecule has 2 unspecified atom stereocenters. The van der Waals surface area contributed by atoms with Crippen LogP contribution >= 0.6 is 0 Å². The van der Waals surface area contributed by atoms with E-state index < -0.39 is 31.4 Å². The Morgan fingerprint density at radius 2 is 1.85 bits per heavy atom. The van der Waals surface area contributed by atoms with Crippen LogP contribution in [0.4, 0.5) is 17.1 Å². The maximum Gasteiger partial charge on any atom is 0.293 e. The highest BCUT2D eigenvalue weighted by atomic mass is 32.2. The van der Waals surface area contributed by atoms with E-state index in [1.807, 2.05) is 19.2 Å². The lowest BCUT2D eigenvalue weighted by Crippen LogP contribution is -2.47. The van der Waals surface area contributed by atoms with Crippen LogP contribution in [0, 0.1) is 39.2 Å². The molecule has 4 atom stereocenters. The fraction of sp³-hybridized carbons (Fsp3) is 0.522. The number of piperazine rings is 1. The topological polar surface area (TPSA) is 181 Å². The number of aromatic amines is 1. The predicted octanol–water partition coefficient (Wildman–Crippen LogP) is 7.52. The Morgan fingerprint density at radius 1 is 1.05 bits per heavy atom. The number of nitro groups is 1. The van der Waals surface area contributed by atoms with E-state index in [2.05, 4.69) is 43.7 Å². The second kappa shape index (κ2) is 17.3. The van der Waals surface area contributed by atoms with E-state index in [1.165, 1.54) is 31.4 Å². The van der Waals surface area contributed by atoms with E-state index >= 15 is 0 Å². The van der Waals surface area contributed by atoms with Gasteiger partial charge in [0, 0.05) is 89.0 Å². The molecule has 62 heavy (non-hydrogen) atoms. The van der Waals surface area contributed by atoms with Crippen molar-refractivity contribution in [2.24, 2.45) is 29.1 Å². The third kappa shape index (κ3) is 9.06. The first-order chi connectivity index (χ1) is 29.8. The summed E-state index contributed by atoms with van der Waals surface area (Å²) in [7, 11) is -2.67. The summed E-state index contributed by atoms with van der Waals surface area (Å²) in [6.45, 7) is 10.8. The van der Waals surface area contributed by atoms with Crippen molar-refractivity contribution in [1.82, 2.24) is 19.6 Å².